The van der Waals surface area contributed by atoms with Gasteiger partial charge in [0.15, 0.2) is 5.78 Å². The first-order valence-electron chi connectivity index (χ1n) is 7.08. The lowest BCUT2D eigenvalue weighted by molar-refractivity contribution is -0.307. The molecule has 0 heterocycles. The van der Waals surface area contributed by atoms with Crippen LogP contribution in [0.3, 0.4) is 0 Å². The Balaban J connectivity index is 2.13. The van der Waals surface area contributed by atoms with Crippen molar-refractivity contribution in [1.82, 2.24) is 0 Å². The molecular formula is C18H12F3O4-. The maximum atomic E-state index is 12.7. The third kappa shape index (κ3) is 5.49. The molecule has 0 unspecified atom stereocenters. The van der Waals surface area contributed by atoms with E-state index in [1.54, 1.807) is 0 Å². The summed E-state index contributed by atoms with van der Waals surface area (Å²) in [5.41, 5.74) is -0.369. The van der Waals surface area contributed by atoms with Gasteiger partial charge in [-0.2, -0.15) is 13.2 Å². The molecular weight excluding hydrogens is 337 g/mol. The van der Waals surface area contributed by atoms with Crippen molar-refractivity contribution in [2.75, 3.05) is 6.61 Å². The van der Waals surface area contributed by atoms with Crippen molar-refractivity contribution in [3.8, 4) is 5.75 Å². The fourth-order valence-corrected chi connectivity index (χ4v) is 1.97. The van der Waals surface area contributed by atoms with E-state index in [1.807, 2.05) is 0 Å². The third-order valence-electron chi connectivity index (χ3n) is 3.12. The molecule has 25 heavy (non-hydrogen) atoms. The van der Waals surface area contributed by atoms with Crippen molar-refractivity contribution in [1.29, 1.82) is 0 Å². The average Bonchev–Trinajstić information content (AvgIpc) is 2.57. The second-order valence-corrected chi connectivity index (χ2v) is 5.01. The van der Waals surface area contributed by atoms with E-state index in [0.717, 1.165) is 18.2 Å². The molecule has 0 N–H and O–H groups in total. The van der Waals surface area contributed by atoms with Gasteiger partial charge in [0, 0.05) is 5.56 Å². The molecule has 7 heteroatoms. The lowest BCUT2D eigenvalue weighted by Gasteiger charge is -2.07. The molecule has 0 spiro atoms. The molecule has 0 saturated heterocycles. The van der Waals surface area contributed by atoms with Crippen molar-refractivity contribution in [3.05, 3.63) is 71.3 Å². The van der Waals surface area contributed by atoms with Crippen LogP contribution >= 0.6 is 0 Å². The highest BCUT2D eigenvalue weighted by Gasteiger charge is 2.30. The van der Waals surface area contributed by atoms with Gasteiger partial charge in [-0.3, -0.25) is 4.79 Å². The van der Waals surface area contributed by atoms with E-state index in [1.165, 1.54) is 42.5 Å². The highest BCUT2D eigenvalue weighted by molar-refractivity contribution is 6.07. The van der Waals surface area contributed by atoms with Crippen molar-refractivity contribution in [2.24, 2.45) is 0 Å². The van der Waals surface area contributed by atoms with Crippen molar-refractivity contribution >= 4 is 17.8 Å². The summed E-state index contributed by atoms with van der Waals surface area (Å²) in [4.78, 5) is 22.5. The van der Waals surface area contributed by atoms with Crippen molar-refractivity contribution < 1.29 is 32.6 Å². The largest absolute Gasteiger partial charge is 0.546 e. The average molecular weight is 349 g/mol. The zero-order chi connectivity index (χ0) is 18.4. The van der Waals surface area contributed by atoms with Crippen LogP contribution in [-0.4, -0.2) is 18.4 Å². The second kappa shape index (κ2) is 7.65. The topological polar surface area (TPSA) is 66.4 Å². The molecule has 2 aromatic rings. The van der Waals surface area contributed by atoms with E-state index >= 15 is 0 Å². The van der Waals surface area contributed by atoms with Crippen molar-refractivity contribution in [2.45, 2.75) is 6.18 Å². The fraction of sp³-hybridized carbons (Fsp3) is 0.111. The van der Waals surface area contributed by atoms with Gasteiger partial charge in [0.05, 0.1) is 11.5 Å². The van der Waals surface area contributed by atoms with Gasteiger partial charge in [-0.15, -0.1) is 0 Å². The monoisotopic (exact) mass is 349 g/mol. The summed E-state index contributed by atoms with van der Waals surface area (Å²) in [6.07, 6.45) is -2.06. The molecule has 4 nitrogen and oxygen atoms in total. The van der Waals surface area contributed by atoms with Gasteiger partial charge < -0.3 is 14.6 Å². The van der Waals surface area contributed by atoms with Crippen LogP contribution in [0.2, 0.25) is 0 Å². The predicted molar refractivity (Wildman–Crippen MR) is 81.8 cm³/mol. The minimum atomic E-state index is -4.46. The van der Waals surface area contributed by atoms with E-state index < -0.39 is 30.1 Å². The van der Waals surface area contributed by atoms with E-state index in [4.69, 9.17) is 4.74 Å². The van der Waals surface area contributed by atoms with Crippen LogP contribution in [0.1, 0.15) is 21.5 Å². The SMILES string of the molecule is O=C([O-])COc1cccc(C(=O)/C=C/c2cccc(C(F)(F)F)c2)c1. The number of rotatable bonds is 6. The molecule has 0 aromatic heterocycles. The van der Waals surface area contributed by atoms with Crippen LogP contribution < -0.4 is 9.84 Å². The highest BCUT2D eigenvalue weighted by atomic mass is 19.4. The highest BCUT2D eigenvalue weighted by Crippen LogP contribution is 2.29. The van der Waals surface area contributed by atoms with Crippen LogP contribution in [0, 0.1) is 0 Å². The number of alkyl halides is 3. The number of benzene rings is 2. The number of carbonyl (C=O) groups is 2. The molecule has 2 rings (SSSR count). The molecule has 0 radical (unpaired) electrons. The summed E-state index contributed by atoms with van der Waals surface area (Å²) in [7, 11) is 0. The molecule has 0 aliphatic carbocycles. The van der Waals surface area contributed by atoms with Crippen LogP contribution in [0.4, 0.5) is 13.2 Å². The normalized spacial score (nSPS) is 11.5. The molecule has 0 bridgehead atoms. The fourth-order valence-electron chi connectivity index (χ4n) is 1.97. The van der Waals surface area contributed by atoms with Gasteiger partial charge in [0.25, 0.3) is 0 Å². The Bertz CT molecular complexity index is 810. The summed E-state index contributed by atoms with van der Waals surface area (Å²) in [5.74, 6) is -1.69. The Kier molecular flexibility index (Phi) is 5.59. The van der Waals surface area contributed by atoms with Crippen molar-refractivity contribution in [3.63, 3.8) is 0 Å². The number of hydrogen-bond acceptors (Lipinski definition) is 4. The Morgan fingerprint density at radius 3 is 2.48 bits per heavy atom. The predicted octanol–water partition coefficient (Wildman–Crippen LogP) is 2.73. The lowest BCUT2D eigenvalue weighted by Crippen LogP contribution is -2.28. The van der Waals surface area contributed by atoms with Crippen LogP contribution in [0.25, 0.3) is 6.08 Å². The van der Waals surface area contributed by atoms with E-state index in [9.17, 15) is 27.9 Å². The van der Waals surface area contributed by atoms with E-state index in [2.05, 4.69) is 0 Å². The summed E-state index contributed by atoms with van der Waals surface area (Å²) in [6, 6.07) is 10.3. The van der Waals surface area contributed by atoms with Gasteiger partial charge in [-0.05, 0) is 35.9 Å². The molecule has 0 fully saturated rings. The molecule has 0 amide bonds. The minimum absolute atomic E-state index is 0.169. The smallest absolute Gasteiger partial charge is 0.416 e. The minimum Gasteiger partial charge on any atom is -0.546 e. The number of carboxylic acids is 1. The number of carboxylic acid groups (broad SMARTS) is 1. The zero-order valence-corrected chi connectivity index (χ0v) is 12.7. The molecule has 0 saturated carbocycles. The molecule has 0 atom stereocenters. The Hall–Kier alpha value is -3.09. The maximum Gasteiger partial charge on any atom is 0.416 e. The quantitative estimate of drug-likeness (QED) is 0.594. The summed E-state index contributed by atoms with van der Waals surface area (Å²) >= 11 is 0. The van der Waals surface area contributed by atoms with Gasteiger partial charge in [0.2, 0.25) is 0 Å². The first kappa shape index (κ1) is 18.3. The Morgan fingerprint density at radius 1 is 1.08 bits per heavy atom. The van der Waals surface area contributed by atoms with Gasteiger partial charge in [-0.25, -0.2) is 0 Å². The number of halogens is 3. The molecule has 130 valence electrons. The Morgan fingerprint density at radius 2 is 1.80 bits per heavy atom. The van der Waals surface area contributed by atoms with Crippen LogP contribution in [-0.2, 0) is 11.0 Å². The maximum absolute atomic E-state index is 12.7. The number of ether oxygens (including phenoxy) is 1. The van der Waals surface area contributed by atoms with Gasteiger partial charge in [-0.1, -0.05) is 30.3 Å². The first-order chi connectivity index (χ1) is 11.8. The van der Waals surface area contributed by atoms with E-state index in [-0.39, 0.29) is 16.9 Å². The summed E-state index contributed by atoms with van der Waals surface area (Å²) < 4.78 is 42.9. The molecule has 0 aliphatic rings. The number of carbonyl (C=O) groups excluding carboxylic acids is 2. The van der Waals surface area contributed by atoms with Gasteiger partial charge >= 0.3 is 6.18 Å². The summed E-state index contributed by atoms with van der Waals surface area (Å²) in [5, 5.41) is 10.4. The third-order valence-corrected chi connectivity index (χ3v) is 3.12. The first-order valence-corrected chi connectivity index (χ1v) is 7.08. The summed E-state index contributed by atoms with van der Waals surface area (Å²) in [6.45, 7) is -0.655. The number of ketones is 1. The van der Waals surface area contributed by atoms with Crippen LogP contribution in [0.15, 0.2) is 54.6 Å². The molecule has 0 aliphatic heterocycles. The number of aliphatic carboxylic acids is 1. The number of hydrogen-bond donors (Lipinski definition) is 0. The Labute approximate surface area is 141 Å². The van der Waals surface area contributed by atoms with Crippen LogP contribution in [0.5, 0.6) is 5.75 Å². The standard InChI is InChI=1S/C18H13F3O4/c19-18(20,21)14-5-1-3-12(9-14)7-8-16(22)13-4-2-6-15(10-13)25-11-17(23)24/h1-10H,11H2,(H,23,24)/p-1/b8-7+. The number of allylic oxidation sites excluding steroid dienone is 1. The second-order valence-electron chi connectivity index (χ2n) is 5.01. The molecule has 2 aromatic carbocycles. The lowest BCUT2D eigenvalue weighted by atomic mass is 10.1. The zero-order valence-electron chi connectivity index (χ0n) is 12.7. The van der Waals surface area contributed by atoms with Gasteiger partial charge in [0.1, 0.15) is 12.4 Å². The van der Waals surface area contributed by atoms with E-state index in [0.29, 0.717) is 0 Å².